The maximum Gasteiger partial charge on any atom is 0.0242 e. The van der Waals surface area contributed by atoms with E-state index in [1.165, 1.54) is 55.2 Å². The molecule has 0 N–H and O–H groups in total. The Labute approximate surface area is 160 Å². The first kappa shape index (κ1) is 18.8. The van der Waals surface area contributed by atoms with Crippen LogP contribution in [0.1, 0.15) is 86.1 Å². The topological polar surface area (TPSA) is 0 Å². The Morgan fingerprint density at radius 3 is 2.35 bits per heavy atom. The Balaban J connectivity index is 1.73. The van der Waals surface area contributed by atoms with Crippen molar-refractivity contribution in [1.29, 1.82) is 0 Å². The molecular formula is C26H32. The summed E-state index contributed by atoms with van der Waals surface area (Å²) < 4.78 is 0. The Kier molecular flexibility index (Phi) is 5.87. The highest BCUT2D eigenvalue weighted by Crippen LogP contribution is 2.39. The van der Waals surface area contributed by atoms with Gasteiger partial charge in [-0.1, -0.05) is 62.9 Å². The van der Waals surface area contributed by atoms with E-state index in [0.29, 0.717) is 0 Å². The highest BCUT2D eigenvalue weighted by Gasteiger charge is 2.26. The van der Waals surface area contributed by atoms with Crippen LogP contribution in [0.25, 0.3) is 0 Å². The van der Waals surface area contributed by atoms with Gasteiger partial charge in [-0.25, -0.2) is 0 Å². The zero-order valence-electron chi connectivity index (χ0n) is 16.6. The predicted molar refractivity (Wildman–Crippen MR) is 113 cm³/mol. The standard InChI is InChI=1S/C26H32/c1-5-17-26(4,24-13-10-21(6-2)11-14-24)18-16-22-12-15-25(20(3)19-22)23-8-7-9-23/h2,10-15,19,23H,5,7-9,16-18H2,1,3-4H3. The zero-order valence-corrected chi connectivity index (χ0v) is 16.6. The molecule has 2 aromatic carbocycles. The SMILES string of the molecule is C#Cc1ccc(C(C)(CCC)CCc2ccc(C3CCC3)c(C)c2)cc1. The predicted octanol–water partition coefficient (Wildman–Crippen LogP) is 6.93. The van der Waals surface area contributed by atoms with Crippen LogP contribution in [0.2, 0.25) is 0 Å². The number of benzene rings is 2. The van der Waals surface area contributed by atoms with E-state index in [0.717, 1.165) is 17.9 Å². The highest BCUT2D eigenvalue weighted by molar-refractivity contribution is 5.38. The van der Waals surface area contributed by atoms with Crippen molar-refractivity contribution in [2.24, 2.45) is 0 Å². The first-order valence-electron chi connectivity index (χ1n) is 10.2. The molecule has 3 rings (SSSR count). The lowest BCUT2D eigenvalue weighted by Gasteiger charge is -2.31. The largest absolute Gasteiger partial charge is 0.115 e. The average molecular weight is 345 g/mol. The number of terminal acetylenes is 1. The maximum atomic E-state index is 5.51. The molecule has 0 spiro atoms. The molecule has 0 bridgehead atoms. The maximum absolute atomic E-state index is 5.51. The molecule has 0 aliphatic heterocycles. The molecular weight excluding hydrogens is 312 g/mol. The van der Waals surface area contributed by atoms with Crippen LogP contribution in [-0.4, -0.2) is 0 Å². The third-order valence-electron chi connectivity index (χ3n) is 6.39. The van der Waals surface area contributed by atoms with Gasteiger partial charge in [-0.2, -0.15) is 0 Å². The van der Waals surface area contributed by atoms with Gasteiger partial charge in [-0.15, -0.1) is 6.42 Å². The zero-order chi connectivity index (χ0) is 18.6. The summed E-state index contributed by atoms with van der Waals surface area (Å²) in [5, 5.41) is 0. The van der Waals surface area contributed by atoms with Crippen molar-refractivity contribution >= 4 is 0 Å². The fraction of sp³-hybridized carbons (Fsp3) is 0.462. The van der Waals surface area contributed by atoms with Crippen LogP contribution in [-0.2, 0) is 11.8 Å². The molecule has 136 valence electrons. The molecule has 1 unspecified atom stereocenters. The molecule has 1 saturated carbocycles. The number of rotatable bonds is 7. The summed E-state index contributed by atoms with van der Waals surface area (Å²) in [5.74, 6) is 3.55. The number of hydrogen-bond acceptors (Lipinski definition) is 0. The lowest BCUT2D eigenvalue weighted by molar-refractivity contribution is 0.396. The van der Waals surface area contributed by atoms with Crippen LogP contribution >= 0.6 is 0 Å². The monoisotopic (exact) mass is 344 g/mol. The molecule has 1 atom stereocenters. The minimum atomic E-state index is 0.211. The number of aryl methyl sites for hydroxylation is 2. The van der Waals surface area contributed by atoms with Crippen LogP contribution in [0.15, 0.2) is 42.5 Å². The van der Waals surface area contributed by atoms with Gasteiger partial charge in [0, 0.05) is 5.56 Å². The molecule has 0 heterocycles. The molecule has 0 aromatic heterocycles. The van der Waals surface area contributed by atoms with Gasteiger partial charge in [0.15, 0.2) is 0 Å². The van der Waals surface area contributed by atoms with Crippen LogP contribution in [0.4, 0.5) is 0 Å². The van der Waals surface area contributed by atoms with Gasteiger partial charge in [-0.05, 0) is 84.7 Å². The summed E-state index contributed by atoms with van der Waals surface area (Å²) in [4.78, 5) is 0. The van der Waals surface area contributed by atoms with Crippen molar-refractivity contribution in [3.8, 4) is 12.3 Å². The Hall–Kier alpha value is -2.00. The lowest BCUT2D eigenvalue weighted by Crippen LogP contribution is -2.22. The lowest BCUT2D eigenvalue weighted by atomic mass is 9.74. The van der Waals surface area contributed by atoms with Gasteiger partial charge < -0.3 is 0 Å². The minimum absolute atomic E-state index is 0.211. The second-order valence-electron chi connectivity index (χ2n) is 8.35. The summed E-state index contributed by atoms with van der Waals surface area (Å²) in [6.07, 6.45) is 14.4. The molecule has 0 radical (unpaired) electrons. The Morgan fingerprint density at radius 2 is 1.81 bits per heavy atom. The first-order chi connectivity index (χ1) is 12.6. The van der Waals surface area contributed by atoms with Crippen molar-refractivity contribution in [2.75, 3.05) is 0 Å². The van der Waals surface area contributed by atoms with Crippen molar-refractivity contribution in [3.05, 3.63) is 70.3 Å². The number of hydrogen-bond donors (Lipinski definition) is 0. The Bertz CT molecular complexity index is 771. The molecule has 1 fully saturated rings. The van der Waals surface area contributed by atoms with Crippen molar-refractivity contribution in [1.82, 2.24) is 0 Å². The van der Waals surface area contributed by atoms with E-state index < -0.39 is 0 Å². The van der Waals surface area contributed by atoms with Gasteiger partial charge in [-0.3, -0.25) is 0 Å². The van der Waals surface area contributed by atoms with E-state index in [4.69, 9.17) is 6.42 Å². The van der Waals surface area contributed by atoms with Gasteiger partial charge in [0.1, 0.15) is 0 Å². The van der Waals surface area contributed by atoms with E-state index in [1.54, 1.807) is 5.56 Å². The van der Waals surface area contributed by atoms with Gasteiger partial charge in [0.05, 0.1) is 0 Å². The fourth-order valence-electron chi connectivity index (χ4n) is 4.43. The molecule has 0 nitrogen and oxygen atoms in total. The van der Waals surface area contributed by atoms with E-state index in [-0.39, 0.29) is 5.41 Å². The molecule has 0 heteroatoms. The van der Waals surface area contributed by atoms with Crippen molar-refractivity contribution in [3.63, 3.8) is 0 Å². The quantitative estimate of drug-likeness (QED) is 0.477. The second-order valence-corrected chi connectivity index (χ2v) is 8.35. The summed E-state index contributed by atoms with van der Waals surface area (Å²) in [6, 6.07) is 15.8. The third-order valence-corrected chi connectivity index (χ3v) is 6.39. The molecule has 2 aromatic rings. The van der Waals surface area contributed by atoms with E-state index in [2.05, 4.69) is 69.2 Å². The average Bonchev–Trinajstić information content (AvgIpc) is 2.61. The van der Waals surface area contributed by atoms with Crippen LogP contribution in [0, 0.1) is 19.3 Å². The van der Waals surface area contributed by atoms with Crippen molar-refractivity contribution < 1.29 is 0 Å². The molecule has 26 heavy (non-hydrogen) atoms. The molecule has 1 aliphatic carbocycles. The normalized spacial score (nSPS) is 16.5. The molecule has 1 aliphatic rings. The van der Waals surface area contributed by atoms with E-state index >= 15 is 0 Å². The summed E-state index contributed by atoms with van der Waals surface area (Å²) in [5.41, 5.74) is 7.15. The smallest absolute Gasteiger partial charge is 0.0242 e. The summed E-state index contributed by atoms with van der Waals surface area (Å²) in [7, 11) is 0. The fourth-order valence-corrected chi connectivity index (χ4v) is 4.43. The third kappa shape index (κ3) is 4.04. The van der Waals surface area contributed by atoms with E-state index in [9.17, 15) is 0 Å². The molecule has 0 amide bonds. The Morgan fingerprint density at radius 1 is 1.08 bits per heavy atom. The minimum Gasteiger partial charge on any atom is -0.115 e. The van der Waals surface area contributed by atoms with Gasteiger partial charge in [0.25, 0.3) is 0 Å². The van der Waals surface area contributed by atoms with Crippen molar-refractivity contribution in [2.45, 2.75) is 77.0 Å². The summed E-state index contributed by atoms with van der Waals surface area (Å²) >= 11 is 0. The highest BCUT2D eigenvalue weighted by atomic mass is 14.3. The van der Waals surface area contributed by atoms with Gasteiger partial charge >= 0.3 is 0 Å². The van der Waals surface area contributed by atoms with Crippen LogP contribution in [0.3, 0.4) is 0 Å². The second kappa shape index (κ2) is 8.13. The van der Waals surface area contributed by atoms with Crippen LogP contribution in [0.5, 0.6) is 0 Å². The van der Waals surface area contributed by atoms with Gasteiger partial charge in [0.2, 0.25) is 0 Å². The van der Waals surface area contributed by atoms with Crippen LogP contribution < -0.4 is 0 Å². The summed E-state index contributed by atoms with van der Waals surface area (Å²) in [6.45, 7) is 6.99. The van der Waals surface area contributed by atoms with E-state index in [1.807, 2.05) is 0 Å². The molecule has 0 saturated heterocycles. The first-order valence-corrected chi connectivity index (χ1v) is 10.2.